The molecule has 0 saturated carbocycles. The number of hydrogen-bond donors (Lipinski definition) is 1. The minimum atomic E-state index is -0.0887. The molecule has 2 heterocycles. The van der Waals surface area contributed by atoms with E-state index in [1.165, 1.54) is 11.3 Å². The van der Waals surface area contributed by atoms with Crippen molar-refractivity contribution in [2.75, 3.05) is 39.1 Å². The van der Waals surface area contributed by atoms with E-state index in [-0.39, 0.29) is 5.91 Å². The molecule has 3 rings (SSSR count). The summed E-state index contributed by atoms with van der Waals surface area (Å²) in [7, 11) is 1.61. The van der Waals surface area contributed by atoms with E-state index in [1.807, 2.05) is 24.3 Å². The number of nitrogens with zero attached hydrogens (tertiary/aromatic N) is 2. The lowest BCUT2D eigenvalue weighted by Crippen LogP contribution is -2.40. The predicted molar refractivity (Wildman–Crippen MR) is 92.2 cm³/mol. The topological polar surface area (TPSA) is 69.7 Å². The van der Waals surface area contributed by atoms with Crippen LogP contribution in [0.2, 0.25) is 0 Å². The molecular weight excluding hydrogens is 334 g/mol. The Balaban J connectivity index is 1.95. The maximum absolute atomic E-state index is 12.6. The number of benzene rings is 1. The predicted octanol–water partition coefficient (Wildman–Crippen LogP) is 2.33. The minimum absolute atomic E-state index is 0.0887. The number of hydrogen-bond acceptors (Lipinski definition) is 6. The van der Waals surface area contributed by atoms with Crippen LogP contribution in [-0.2, 0) is 4.74 Å². The Bertz CT molecular complexity index is 761. The third kappa shape index (κ3) is 3.10. The Morgan fingerprint density at radius 1 is 1.30 bits per heavy atom. The van der Waals surface area contributed by atoms with Crippen molar-refractivity contribution in [2.24, 2.45) is 0 Å². The molecule has 23 heavy (non-hydrogen) atoms. The molecule has 8 heteroatoms. The first kappa shape index (κ1) is 16.0. The van der Waals surface area contributed by atoms with Gasteiger partial charge in [-0.3, -0.25) is 9.36 Å². The summed E-state index contributed by atoms with van der Waals surface area (Å²) in [6.45, 7) is 2.25. The van der Waals surface area contributed by atoms with Crippen molar-refractivity contribution < 1.29 is 14.3 Å². The Kier molecular flexibility index (Phi) is 4.65. The third-order valence-corrected chi connectivity index (χ3v) is 5.05. The Labute approximate surface area is 143 Å². The second-order valence-corrected chi connectivity index (χ2v) is 6.66. The Morgan fingerprint density at radius 3 is 2.57 bits per heavy atom. The van der Waals surface area contributed by atoms with Gasteiger partial charge in [-0.2, -0.15) is 0 Å². The fourth-order valence-corrected chi connectivity index (χ4v) is 3.76. The molecule has 0 unspecified atom stereocenters. The quantitative estimate of drug-likeness (QED) is 0.860. The Morgan fingerprint density at radius 2 is 1.96 bits per heavy atom. The zero-order valence-electron chi connectivity index (χ0n) is 12.7. The summed E-state index contributed by atoms with van der Waals surface area (Å²) < 4.78 is 12.7. The van der Waals surface area contributed by atoms with Crippen LogP contribution >= 0.6 is 23.6 Å². The average molecular weight is 351 g/mol. The van der Waals surface area contributed by atoms with Crippen LogP contribution in [0.25, 0.3) is 5.69 Å². The van der Waals surface area contributed by atoms with Gasteiger partial charge in [0.2, 0.25) is 0 Å². The van der Waals surface area contributed by atoms with Crippen LogP contribution in [-0.4, -0.2) is 48.8 Å². The number of anilines is 1. The zero-order valence-corrected chi connectivity index (χ0v) is 14.3. The highest BCUT2D eigenvalue weighted by Gasteiger charge is 2.24. The molecule has 0 radical (unpaired) electrons. The summed E-state index contributed by atoms with van der Waals surface area (Å²) in [5, 5.41) is 0. The number of nitrogen functional groups attached to an aromatic ring is 1. The minimum Gasteiger partial charge on any atom is -0.497 e. The monoisotopic (exact) mass is 351 g/mol. The van der Waals surface area contributed by atoms with Crippen LogP contribution in [0.4, 0.5) is 5.82 Å². The summed E-state index contributed by atoms with van der Waals surface area (Å²) in [5.74, 6) is 1.04. The lowest BCUT2D eigenvalue weighted by atomic mass is 10.3. The number of morpholine rings is 1. The average Bonchev–Trinajstić information content (AvgIpc) is 2.89. The second kappa shape index (κ2) is 6.69. The fourth-order valence-electron chi connectivity index (χ4n) is 2.42. The molecule has 0 bridgehead atoms. The van der Waals surface area contributed by atoms with E-state index in [1.54, 1.807) is 16.6 Å². The molecule has 122 valence electrons. The fraction of sp³-hybridized carbons (Fsp3) is 0.333. The van der Waals surface area contributed by atoms with E-state index >= 15 is 0 Å². The van der Waals surface area contributed by atoms with Crippen molar-refractivity contribution in [3.05, 3.63) is 33.1 Å². The van der Waals surface area contributed by atoms with Gasteiger partial charge in [0, 0.05) is 18.8 Å². The summed E-state index contributed by atoms with van der Waals surface area (Å²) in [6.07, 6.45) is 0. The first-order valence-electron chi connectivity index (χ1n) is 7.14. The molecule has 1 aromatic heterocycles. The normalized spacial score (nSPS) is 14.7. The van der Waals surface area contributed by atoms with Crippen LogP contribution in [0.5, 0.6) is 5.75 Å². The van der Waals surface area contributed by atoms with Crippen molar-refractivity contribution in [3.63, 3.8) is 0 Å². The van der Waals surface area contributed by atoms with Crippen molar-refractivity contribution >= 4 is 35.3 Å². The van der Waals surface area contributed by atoms with Gasteiger partial charge >= 0.3 is 0 Å². The van der Waals surface area contributed by atoms with Gasteiger partial charge in [0.1, 0.15) is 16.4 Å². The number of ether oxygens (including phenoxy) is 2. The number of thiazole rings is 1. The summed E-state index contributed by atoms with van der Waals surface area (Å²) in [6, 6.07) is 7.39. The van der Waals surface area contributed by atoms with Gasteiger partial charge in [0.05, 0.1) is 20.3 Å². The summed E-state index contributed by atoms with van der Waals surface area (Å²) in [4.78, 5) is 14.9. The molecular formula is C15H17N3O3S2. The largest absolute Gasteiger partial charge is 0.497 e. The van der Waals surface area contributed by atoms with Crippen molar-refractivity contribution in [1.29, 1.82) is 0 Å². The molecule has 2 aromatic rings. The van der Waals surface area contributed by atoms with E-state index in [2.05, 4.69) is 0 Å². The first-order valence-corrected chi connectivity index (χ1v) is 8.37. The number of rotatable bonds is 3. The lowest BCUT2D eigenvalue weighted by Gasteiger charge is -2.26. The summed E-state index contributed by atoms with van der Waals surface area (Å²) >= 11 is 6.64. The van der Waals surface area contributed by atoms with Crippen molar-refractivity contribution in [2.45, 2.75) is 0 Å². The standard InChI is InChI=1S/C15H17N3O3S2/c1-20-11-4-2-10(3-5-11)18-13(16)12(23-15(18)22)14(19)17-6-8-21-9-7-17/h2-5H,6-9,16H2,1H3. The molecule has 1 fully saturated rings. The molecule has 1 amide bonds. The number of aromatic nitrogens is 1. The maximum atomic E-state index is 12.6. The highest BCUT2D eigenvalue weighted by Crippen LogP contribution is 2.28. The second-order valence-electron chi connectivity index (χ2n) is 5.02. The van der Waals surface area contributed by atoms with Gasteiger partial charge in [-0.25, -0.2) is 0 Å². The van der Waals surface area contributed by atoms with E-state index < -0.39 is 0 Å². The Hall–Kier alpha value is -1.90. The van der Waals surface area contributed by atoms with Gasteiger partial charge in [-0.05, 0) is 36.5 Å². The zero-order chi connectivity index (χ0) is 16.4. The van der Waals surface area contributed by atoms with Crippen LogP contribution in [0.15, 0.2) is 24.3 Å². The van der Waals surface area contributed by atoms with Crippen LogP contribution < -0.4 is 10.5 Å². The van der Waals surface area contributed by atoms with Gasteiger partial charge in [-0.15, -0.1) is 0 Å². The number of carbonyl (C=O) groups excluding carboxylic acids is 1. The first-order chi connectivity index (χ1) is 11.1. The van der Waals surface area contributed by atoms with Crippen LogP contribution in [0.1, 0.15) is 9.67 Å². The highest BCUT2D eigenvalue weighted by molar-refractivity contribution is 7.73. The third-order valence-electron chi connectivity index (χ3n) is 3.67. The molecule has 1 saturated heterocycles. The molecule has 0 spiro atoms. The van der Waals surface area contributed by atoms with Crippen molar-refractivity contribution in [3.8, 4) is 11.4 Å². The van der Waals surface area contributed by atoms with Gasteiger partial charge < -0.3 is 20.1 Å². The smallest absolute Gasteiger partial charge is 0.267 e. The molecule has 0 atom stereocenters. The SMILES string of the molecule is COc1ccc(-n2c(N)c(C(=O)N3CCOCC3)sc2=S)cc1. The molecule has 6 nitrogen and oxygen atoms in total. The molecule has 2 N–H and O–H groups in total. The molecule has 1 aromatic carbocycles. The number of amides is 1. The van der Waals surface area contributed by atoms with Crippen LogP contribution in [0.3, 0.4) is 0 Å². The van der Waals surface area contributed by atoms with Crippen molar-refractivity contribution in [1.82, 2.24) is 9.47 Å². The van der Waals surface area contributed by atoms with E-state index in [4.69, 9.17) is 27.4 Å². The maximum Gasteiger partial charge on any atom is 0.267 e. The van der Waals surface area contributed by atoms with Crippen LogP contribution in [0, 0.1) is 3.95 Å². The lowest BCUT2D eigenvalue weighted by molar-refractivity contribution is 0.0306. The van der Waals surface area contributed by atoms with E-state index in [0.29, 0.717) is 41.0 Å². The summed E-state index contributed by atoms with van der Waals surface area (Å²) in [5.41, 5.74) is 7.02. The number of carbonyl (C=O) groups is 1. The number of methoxy groups -OCH3 is 1. The van der Waals surface area contributed by atoms with Gasteiger partial charge in [0.25, 0.3) is 5.91 Å². The molecule has 0 aliphatic carbocycles. The van der Waals surface area contributed by atoms with E-state index in [9.17, 15) is 4.79 Å². The highest BCUT2D eigenvalue weighted by atomic mass is 32.1. The van der Waals surface area contributed by atoms with Gasteiger partial charge in [-0.1, -0.05) is 11.3 Å². The van der Waals surface area contributed by atoms with E-state index in [0.717, 1.165) is 11.4 Å². The number of nitrogens with two attached hydrogens (primary N) is 1. The molecule has 1 aliphatic rings. The molecule has 1 aliphatic heterocycles. The van der Waals surface area contributed by atoms with Gasteiger partial charge in [0.15, 0.2) is 3.95 Å².